The smallest absolute Gasteiger partial charge is 0.390 e. The van der Waals surface area contributed by atoms with Crippen molar-refractivity contribution in [3.63, 3.8) is 0 Å². The summed E-state index contributed by atoms with van der Waals surface area (Å²) in [7, 11) is 1.52. The van der Waals surface area contributed by atoms with Gasteiger partial charge in [-0.1, -0.05) is 6.07 Å². The van der Waals surface area contributed by atoms with E-state index in [1.54, 1.807) is 26.0 Å². The van der Waals surface area contributed by atoms with Crippen LogP contribution in [0, 0.1) is 13.8 Å². The Hall–Kier alpha value is -1.23. The summed E-state index contributed by atoms with van der Waals surface area (Å²) in [6, 6.07) is 2.34. The average molecular weight is 247 g/mol. The summed E-state index contributed by atoms with van der Waals surface area (Å²) in [6.45, 7) is 3.51. The van der Waals surface area contributed by atoms with Crippen molar-refractivity contribution in [3.05, 3.63) is 28.8 Å². The van der Waals surface area contributed by atoms with E-state index >= 15 is 0 Å². The predicted octanol–water partition coefficient (Wildman–Crippen LogP) is 3.26. The van der Waals surface area contributed by atoms with Gasteiger partial charge in [-0.15, -0.1) is 0 Å². The largest absolute Gasteiger partial charge is 0.496 e. The van der Waals surface area contributed by atoms with Crippen LogP contribution in [0.25, 0.3) is 0 Å². The molecule has 1 atom stereocenters. The molecule has 1 rings (SSSR count). The summed E-state index contributed by atoms with van der Waals surface area (Å²) in [4.78, 5) is 0. The predicted molar refractivity (Wildman–Crippen MR) is 60.1 cm³/mol. The van der Waals surface area contributed by atoms with E-state index in [1.807, 2.05) is 0 Å². The fourth-order valence-corrected chi connectivity index (χ4v) is 1.79. The number of halogens is 3. The van der Waals surface area contributed by atoms with Gasteiger partial charge in [0.2, 0.25) is 0 Å². The third-order valence-electron chi connectivity index (χ3n) is 2.63. The number of rotatable bonds is 3. The Kier molecular flexibility index (Phi) is 4.03. The molecule has 0 fully saturated rings. The number of benzene rings is 1. The number of nitrogens with two attached hydrogens (primary N) is 1. The maximum Gasteiger partial charge on any atom is 0.390 e. The molecular weight excluding hydrogens is 231 g/mol. The lowest BCUT2D eigenvalue weighted by molar-refractivity contribution is -0.138. The lowest BCUT2D eigenvalue weighted by atomic mass is 9.96. The SMILES string of the molecule is COc1cc(C)c(C(N)CC(F)(F)F)cc1C. The molecule has 5 heteroatoms. The minimum absolute atomic E-state index is 0.514. The average Bonchev–Trinajstić information content (AvgIpc) is 2.18. The number of ether oxygens (including phenoxy) is 1. The van der Waals surface area contributed by atoms with Gasteiger partial charge in [-0.2, -0.15) is 13.2 Å². The van der Waals surface area contributed by atoms with E-state index in [0.717, 1.165) is 5.56 Å². The van der Waals surface area contributed by atoms with Crippen LogP contribution in [0.2, 0.25) is 0 Å². The monoisotopic (exact) mass is 247 g/mol. The quantitative estimate of drug-likeness (QED) is 0.889. The van der Waals surface area contributed by atoms with Crippen molar-refractivity contribution in [1.29, 1.82) is 0 Å². The molecule has 0 heterocycles. The fraction of sp³-hybridized carbons (Fsp3) is 0.500. The summed E-state index contributed by atoms with van der Waals surface area (Å²) < 4.78 is 41.9. The van der Waals surface area contributed by atoms with Crippen LogP contribution in [0.15, 0.2) is 12.1 Å². The number of aryl methyl sites for hydroxylation is 2. The molecule has 1 aromatic carbocycles. The molecule has 96 valence electrons. The van der Waals surface area contributed by atoms with Crippen LogP contribution in [-0.2, 0) is 0 Å². The maximum atomic E-state index is 12.3. The van der Waals surface area contributed by atoms with Gasteiger partial charge in [-0.25, -0.2) is 0 Å². The van der Waals surface area contributed by atoms with E-state index in [-0.39, 0.29) is 0 Å². The third kappa shape index (κ3) is 3.63. The highest BCUT2D eigenvalue weighted by Gasteiger charge is 2.31. The summed E-state index contributed by atoms with van der Waals surface area (Å²) in [5.41, 5.74) is 7.59. The van der Waals surface area contributed by atoms with Crippen molar-refractivity contribution in [1.82, 2.24) is 0 Å². The molecule has 1 unspecified atom stereocenters. The van der Waals surface area contributed by atoms with Crippen molar-refractivity contribution in [2.24, 2.45) is 5.73 Å². The highest BCUT2D eigenvalue weighted by atomic mass is 19.4. The number of hydrogen-bond donors (Lipinski definition) is 1. The molecule has 0 aliphatic rings. The van der Waals surface area contributed by atoms with Gasteiger partial charge < -0.3 is 10.5 Å². The van der Waals surface area contributed by atoms with Gasteiger partial charge in [0.1, 0.15) is 5.75 Å². The Morgan fingerprint density at radius 2 is 1.82 bits per heavy atom. The number of alkyl halides is 3. The Bertz CT molecular complexity index is 401. The van der Waals surface area contributed by atoms with E-state index in [1.165, 1.54) is 7.11 Å². The van der Waals surface area contributed by atoms with Gasteiger partial charge in [-0.3, -0.25) is 0 Å². The van der Waals surface area contributed by atoms with E-state index < -0.39 is 18.6 Å². The van der Waals surface area contributed by atoms with Crippen molar-refractivity contribution in [2.75, 3.05) is 7.11 Å². The van der Waals surface area contributed by atoms with Crippen LogP contribution < -0.4 is 10.5 Å². The van der Waals surface area contributed by atoms with Crippen LogP contribution in [0.4, 0.5) is 13.2 Å². The van der Waals surface area contributed by atoms with Gasteiger partial charge >= 0.3 is 6.18 Å². The summed E-state index contributed by atoms with van der Waals surface area (Å²) in [6.07, 6.45) is -5.26. The summed E-state index contributed by atoms with van der Waals surface area (Å²) >= 11 is 0. The van der Waals surface area contributed by atoms with E-state index in [0.29, 0.717) is 16.9 Å². The van der Waals surface area contributed by atoms with E-state index in [2.05, 4.69) is 0 Å². The summed E-state index contributed by atoms with van der Waals surface area (Å²) in [5, 5.41) is 0. The zero-order valence-corrected chi connectivity index (χ0v) is 10.1. The van der Waals surface area contributed by atoms with Gasteiger partial charge in [-0.05, 0) is 36.6 Å². The highest BCUT2D eigenvalue weighted by molar-refractivity contribution is 5.42. The first-order chi connectivity index (χ1) is 7.74. The Labute approximate surface area is 98.6 Å². The molecule has 0 bridgehead atoms. The van der Waals surface area contributed by atoms with Crippen LogP contribution in [0.1, 0.15) is 29.2 Å². The molecule has 0 amide bonds. The van der Waals surface area contributed by atoms with E-state index in [9.17, 15) is 13.2 Å². The van der Waals surface area contributed by atoms with Crippen LogP contribution in [-0.4, -0.2) is 13.3 Å². The molecule has 0 radical (unpaired) electrons. The molecule has 0 spiro atoms. The minimum atomic E-state index is -4.25. The molecule has 0 aliphatic heterocycles. The number of hydrogen-bond acceptors (Lipinski definition) is 2. The van der Waals surface area contributed by atoms with Gasteiger partial charge in [0.05, 0.1) is 13.5 Å². The lowest BCUT2D eigenvalue weighted by Gasteiger charge is -2.18. The van der Waals surface area contributed by atoms with Crippen molar-refractivity contribution in [2.45, 2.75) is 32.5 Å². The van der Waals surface area contributed by atoms with Crippen LogP contribution in [0.3, 0.4) is 0 Å². The van der Waals surface area contributed by atoms with Crippen molar-refractivity contribution >= 4 is 0 Å². The van der Waals surface area contributed by atoms with Crippen LogP contribution >= 0.6 is 0 Å². The zero-order chi connectivity index (χ0) is 13.2. The fourth-order valence-electron chi connectivity index (χ4n) is 1.79. The Balaban J connectivity index is 3.02. The Morgan fingerprint density at radius 1 is 1.24 bits per heavy atom. The van der Waals surface area contributed by atoms with Gasteiger partial charge in [0, 0.05) is 6.04 Å². The zero-order valence-electron chi connectivity index (χ0n) is 10.1. The van der Waals surface area contributed by atoms with Gasteiger partial charge in [0.15, 0.2) is 0 Å². The second-order valence-electron chi connectivity index (χ2n) is 4.10. The minimum Gasteiger partial charge on any atom is -0.496 e. The van der Waals surface area contributed by atoms with Crippen LogP contribution in [0.5, 0.6) is 5.75 Å². The summed E-state index contributed by atoms with van der Waals surface area (Å²) in [5.74, 6) is 0.658. The third-order valence-corrected chi connectivity index (χ3v) is 2.63. The maximum absolute atomic E-state index is 12.3. The van der Waals surface area contributed by atoms with Crippen molar-refractivity contribution in [3.8, 4) is 5.75 Å². The molecule has 1 aromatic rings. The number of methoxy groups -OCH3 is 1. The second-order valence-corrected chi connectivity index (χ2v) is 4.10. The highest BCUT2D eigenvalue weighted by Crippen LogP contribution is 2.32. The lowest BCUT2D eigenvalue weighted by Crippen LogP contribution is -2.21. The normalized spacial score (nSPS) is 13.6. The standard InChI is InChI=1S/C12H16F3NO/c1-7-5-11(17-3)8(2)4-9(7)10(16)6-12(13,14)15/h4-5,10H,6,16H2,1-3H3. The topological polar surface area (TPSA) is 35.2 Å². The van der Waals surface area contributed by atoms with Crippen molar-refractivity contribution < 1.29 is 17.9 Å². The van der Waals surface area contributed by atoms with Gasteiger partial charge in [0.25, 0.3) is 0 Å². The first-order valence-corrected chi connectivity index (χ1v) is 5.22. The molecule has 0 saturated heterocycles. The molecule has 17 heavy (non-hydrogen) atoms. The molecule has 2 N–H and O–H groups in total. The first-order valence-electron chi connectivity index (χ1n) is 5.22. The first kappa shape index (κ1) is 13.8. The van der Waals surface area contributed by atoms with E-state index in [4.69, 9.17) is 10.5 Å². The second kappa shape index (κ2) is 4.96. The molecule has 0 aromatic heterocycles. The molecule has 0 aliphatic carbocycles. The Morgan fingerprint density at radius 3 is 2.29 bits per heavy atom. The molecule has 0 saturated carbocycles. The molecule has 2 nitrogen and oxygen atoms in total. The molecular formula is C12H16F3NO.